The van der Waals surface area contributed by atoms with E-state index in [-0.39, 0.29) is 10.6 Å². The van der Waals surface area contributed by atoms with E-state index in [9.17, 15) is 4.39 Å². The second-order valence-corrected chi connectivity index (χ2v) is 5.25. The average molecular weight is 293 g/mol. The molecule has 1 atom stereocenters. The van der Waals surface area contributed by atoms with Crippen LogP contribution in [0.15, 0.2) is 42.5 Å². The van der Waals surface area contributed by atoms with Crippen molar-refractivity contribution in [3.8, 4) is 0 Å². The van der Waals surface area contributed by atoms with Gasteiger partial charge in [0.15, 0.2) is 0 Å². The fraction of sp³-hybridized carbons (Fsp3) is 0.200. The van der Waals surface area contributed by atoms with Crippen LogP contribution in [0.4, 0.5) is 4.39 Å². The van der Waals surface area contributed by atoms with Crippen molar-refractivity contribution in [3.63, 3.8) is 0 Å². The molecule has 0 radical (unpaired) electrons. The zero-order valence-corrected chi connectivity index (χ0v) is 11.5. The van der Waals surface area contributed by atoms with Gasteiger partial charge in [-0.2, -0.15) is 0 Å². The fourth-order valence-corrected chi connectivity index (χ4v) is 2.55. The highest BCUT2D eigenvalue weighted by Crippen LogP contribution is 2.31. The highest BCUT2D eigenvalue weighted by atomic mass is 79.9. The summed E-state index contributed by atoms with van der Waals surface area (Å²) >= 11 is 3.66. The van der Waals surface area contributed by atoms with Crippen molar-refractivity contribution < 1.29 is 4.39 Å². The molecule has 0 saturated carbocycles. The quantitative estimate of drug-likeness (QED) is 0.689. The smallest absolute Gasteiger partial charge is 0.123 e. The van der Waals surface area contributed by atoms with Gasteiger partial charge in [0.25, 0.3) is 0 Å². The molecule has 2 heteroatoms. The molecule has 1 unspecified atom stereocenters. The molecule has 2 aromatic carbocycles. The van der Waals surface area contributed by atoms with Gasteiger partial charge in [0.1, 0.15) is 5.82 Å². The van der Waals surface area contributed by atoms with Crippen LogP contribution in [0, 0.1) is 19.7 Å². The van der Waals surface area contributed by atoms with E-state index < -0.39 is 0 Å². The Morgan fingerprint density at radius 2 is 1.41 bits per heavy atom. The number of aryl methyl sites for hydroxylation is 2. The lowest BCUT2D eigenvalue weighted by atomic mass is 10.0. The van der Waals surface area contributed by atoms with Crippen LogP contribution in [-0.4, -0.2) is 0 Å². The van der Waals surface area contributed by atoms with Crippen molar-refractivity contribution in [2.75, 3.05) is 0 Å². The third-order valence-corrected chi connectivity index (χ3v) is 3.76. The summed E-state index contributed by atoms with van der Waals surface area (Å²) in [5.41, 5.74) is 4.75. The first kappa shape index (κ1) is 12.3. The number of hydrogen-bond donors (Lipinski definition) is 0. The summed E-state index contributed by atoms with van der Waals surface area (Å²) in [6.45, 7) is 4.17. The summed E-state index contributed by atoms with van der Waals surface area (Å²) in [6, 6.07) is 13.1. The van der Waals surface area contributed by atoms with Gasteiger partial charge in [0, 0.05) is 0 Å². The zero-order valence-electron chi connectivity index (χ0n) is 9.87. The normalized spacial score (nSPS) is 12.5. The Hall–Kier alpha value is -1.15. The van der Waals surface area contributed by atoms with E-state index in [1.165, 1.54) is 28.8 Å². The van der Waals surface area contributed by atoms with Gasteiger partial charge in [0.05, 0.1) is 4.83 Å². The maximum atomic E-state index is 12.9. The minimum Gasteiger partial charge on any atom is -0.207 e. The second-order valence-electron chi connectivity index (χ2n) is 4.34. The summed E-state index contributed by atoms with van der Waals surface area (Å²) in [6.07, 6.45) is 0. The molecule has 0 bridgehead atoms. The largest absolute Gasteiger partial charge is 0.207 e. The molecule has 0 amide bonds. The Kier molecular flexibility index (Phi) is 3.63. The number of halogens is 2. The number of rotatable bonds is 2. The van der Waals surface area contributed by atoms with Crippen molar-refractivity contribution in [1.82, 2.24) is 0 Å². The van der Waals surface area contributed by atoms with Crippen molar-refractivity contribution in [2.24, 2.45) is 0 Å². The Labute approximate surface area is 110 Å². The van der Waals surface area contributed by atoms with Crippen LogP contribution in [0.25, 0.3) is 0 Å². The maximum Gasteiger partial charge on any atom is 0.123 e. The Morgan fingerprint density at radius 1 is 0.882 bits per heavy atom. The first-order chi connectivity index (χ1) is 8.06. The molecule has 0 nitrogen and oxygen atoms in total. The number of alkyl halides is 1. The average Bonchev–Trinajstić information content (AvgIpc) is 2.28. The van der Waals surface area contributed by atoms with Crippen LogP contribution in [0.3, 0.4) is 0 Å². The topological polar surface area (TPSA) is 0 Å². The second kappa shape index (κ2) is 5.01. The third kappa shape index (κ3) is 2.95. The van der Waals surface area contributed by atoms with E-state index >= 15 is 0 Å². The minimum absolute atomic E-state index is 0.113. The summed E-state index contributed by atoms with van der Waals surface area (Å²) in [4.78, 5) is 0.113. The van der Waals surface area contributed by atoms with Crippen molar-refractivity contribution in [1.29, 1.82) is 0 Å². The van der Waals surface area contributed by atoms with E-state index in [1.807, 2.05) is 12.1 Å². The monoisotopic (exact) mass is 292 g/mol. The van der Waals surface area contributed by atoms with Gasteiger partial charge < -0.3 is 0 Å². The van der Waals surface area contributed by atoms with E-state index in [0.717, 1.165) is 5.56 Å². The summed E-state index contributed by atoms with van der Waals surface area (Å²) in [5.74, 6) is -0.200. The van der Waals surface area contributed by atoms with Crippen LogP contribution < -0.4 is 0 Å². The Morgan fingerprint density at radius 3 is 1.94 bits per heavy atom. The van der Waals surface area contributed by atoms with E-state index in [2.05, 4.69) is 48.0 Å². The molecular weight excluding hydrogens is 279 g/mol. The molecule has 0 aliphatic carbocycles. The Balaban J connectivity index is 2.36. The molecule has 0 saturated heterocycles. The standard InChI is InChI=1S/C15H14BrF/c1-10-7-11(2)9-13(8-10)15(16)12-3-5-14(17)6-4-12/h3-9,15H,1-2H3. The first-order valence-electron chi connectivity index (χ1n) is 5.54. The van der Waals surface area contributed by atoms with Crippen LogP contribution in [0.2, 0.25) is 0 Å². The van der Waals surface area contributed by atoms with Gasteiger partial charge in [-0.15, -0.1) is 0 Å². The molecule has 2 rings (SSSR count). The molecule has 0 heterocycles. The summed E-state index contributed by atoms with van der Waals surface area (Å²) < 4.78 is 12.9. The van der Waals surface area contributed by atoms with Gasteiger partial charge >= 0.3 is 0 Å². The molecule has 0 aliphatic rings. The van der Waals surface area contributed by atoms with Gasteiger partial charge in [-0.25, -0.2) is 4.39 Å². The lowest BCUT2D eigenvalue weighted by molar-refractivity contribution is 0.627. The third-order valence-electron chi connectivity index (χ3n) is 2.70. The SMILES string of the molecule is Cc1cc(C)cc(C(Br)c2ccc(F)cc2)c1. The fourth-order valence-electron chi connectivity index (χ4n) is 1.98. The molecule has 0 aliphatic heterocycles. The molecule has 0 aromatic heterocycles. The van der Waals surface area contributed by atoms with Gasteiger partial charge in [-0.3, -0.25) is 0 Å². The summed E-state index contributed by atoms with van der Waals surface area (Å²) in [5, 5.41) is 0. The highest BCUT2D eigenvalue weighted by molar-refractivity contribution is 9.09. The molecule has 0 spiro atoms. The highest BCUT2D eigenvalue weighted by Gasteiger charge is 2.10. The minimum atomic E-state index is -0.200. The summed E-state index contributed by atoms with van der Waals surface area (Å²) in [7, 11) is 0. The van der Waals surface area contributed by atoms with Crippen LogP contribution in [-0.2, 0) is 0 Å². The van der Waals surface area contributed by atoms with Crippen LogP contribution in [0.1, 0.15) is 27.1 Å². The molecule has 2 aromatic rings. The van der Waals surface area contributed by atoms with Crippen LogP contribution >= 0.6 is 15.9 Å². The lowest BCUT2D eigenvalue weighted by Gasteiger charge is -2.12. The molecular formula is C15H14BrF. The van der Waals surface area contributed by atoms with E-state index in [1.54, 1.807) is 0 Å². The van der Waals surface area contributed by atoms with Crippen molar-refractivity contribution >= 4 is 15.9 Å². The molecule has 0 fully saturated rings. The maximum absolute atomic E-state index is 12.9. The number of benzene rings is 2. The van der Waals surface area contributed by atoms with E-state index in [4.69, 9.17) is 0 Å². The number of hydrogen-bond acceptors (Lipinski definition) is 0. The molecule has 17 heavy (non-hydrogen) atoms. The predicted molar refractivity (Wildman–Crippen MR) is 73.1 cm³/mol. The van der Waals surface area contributed by atoms with Gasteiger partial charge in [-0.05, 0) is 37.1 Å². The lowest BCUT2D eigenvalue weighted by Crippen LogP contribution is -1.94. The predicted octanol–water partition coefficient (Wildman–Crippen LogP) is 4.93. The van der Waals surface area contributed by atoms with Crippen molar-refractivity contribution in [2.45, 2.75) is 18.7 Å². The zero-order chi connectivity index (χ0) is 12.4. The van der Waals surface area contributed by atoms with Gasteiger partial charge in [-0.1, -0.05) is 57.4 Å². The van der Waals surface area contributed by atoms with Crippen molar-refractivity contribution in [3.05, 3.63) is 70.5 Å². The van der Waals surface area contributed by atoms with E-state index in [0.29, 0.717) is 0 Å². The Bertz CT molecular complexity index is 497. The molecule has 88 valence electrons. The first-order valence-corrected chi connectivity index (χ1v) is 6.45. The van der Waals surface area contributed by atoms with Crippen LogP contribution in [0.5, 0.6) is 0 Å². The molecule has 0 N–H and O–H groups in total. The van der Waals surface area contributed by atoms with Gasteiger partial charge in [0.2, 0.25) is 0 Å².